The van der Waals surface area contributed by atoms with Gasteiger partial charge in [0.2, 0.25) is 0 Å². The Bertz CT molecular complexity index is 176. The minimum Gasteiger partial charge on any atom is -0.271 e. The van der Waals surface area contributed by atoms with Gasteiger partial charge in [-0.2, -0.15) is 23.5 Å². The van der Waals surface area contributed by atoms with Crippen molar-refractivity contribution in [3.63, 3.8) is 0 Å². The number of nitrogens with one attached hydrogen (secondary N) is 1. The smallest absolute Gasteiger partial charge is 0.0340 e. The average molecular weight is 248 g/mol. The molecule has 2 nitrogen and oxygen atoms in total. The molecule has 1 saturated heterocycles. The van der Waals surface area contributed by atoms with E-state index in [1.54, 1.807) is 0 Å². The van der Waals surface area contributed by atoms with E-state index in [0.717, 1.165) is 11.2 Å². The van der Waals surface area contributed by atoms with Crippen molar-refractivity contribution in [3.8, 4) is 0 Å². The van der Waals surface area contributed by atoms with E-state index < -0.39 is 0 Å². The zero-order valence-electron chi connectivity index (χ0n) is 10.0. The normalized spacial score (nSPS) is 29.4. The number of nitrogens with two attached hydrogens (primary N) is 1. The topological polar surface area (TPSA) is 38.0 Å². The lowest BCUT2D eigenvalue weighted by atomic mass is 10.0. The Balaban J connectivity index is 2.41. The van der Waals surface area contributed by atoms with Gasteiger partial charge in [-0.05, 0) is 18.8 Å². The molecule has 3 atom stereocenters. The maximum Gasteiger partial charge on any atom is 0.0340 e. The van der Waals surface area contributed by atoms with E-state index in [0.29, 0.717) is 11.3 Å². The van der Waals surface area contributed by atoms with Crippen LogP contribution in [0.3, 0.4) is 0 Å². The monoisotopic (exact) mass is 248 g/mol. The van der Waals surface area contributed by atoms with Crippen LogP contribution in [0.15, 0.2) is 0 Å². The van der Waals surface area contributed by atoms with E-state index in [1.807, 2.05) is 0 Å². The lowest BCUT2D eigenvalue weighted by molar-refractivity contribution is 0.423. The van der Waals surface area contributed by atoms with Crippen LogP contribution in [0.5, 0.6) is 0 Å². The first-order valence-electron chi connectivity index (χ1n) is 5.84. The summed E-state index contributed by atoms with van der Waals surface area (Å²) in [5.41, 5.74) is 3.02. The van der Waals surface area contributed by atoms with Gasteiger partial charge < -0.3 is 0 Å². The third kappa shape index (κ3) is 4.55. The van der Waals surface area contributed by atoms with Gasteiger partial charge in [-0.3, -0.25) is 11.3 Å². The number of hydrogen-bond acceptors (Lipinski definition) is 4. The van der Waals surface area contributed by atoms with Crippen molar-refractivity contribution in [1.29, 1.82) is 0 Å². The van der Waals surface area contributed by atoms with Crippen molar-refractivity contribution in [2.75, 3.05) is 11.5 Å². The summed E-state index contributed by atoms with van der Waals surface area (Å²) in [5.74, 6) is 9.03. The van der Waals surface area contributed by atoms with Gasteiger partial charge >= 0.3 is 0 Å². The van der Waals surface area contributed by atoms with E-state index in [-0.39, 0.29) is 0 Å². The second-order valence-corrected chi connectivity index (χ2v) is 7.43. The summed E-state index contributed by atoms with van der Waals surface area (Å²) in [6.45, 7) is 6.89. The summed E-state index contributed by atoms with van der Waals surface area (Å²) in [7, 11) is 0. The fourth-order valence-corrected chi connectivity index (χ4v) is 4.93. The van der Waals surface area contributed by atoms with E-state index >= 15 is 0 Å². The highest BCUT2D eigenvalue weighted by atomic mass is 32.2. The molecule has 0 saturated carbocycles. The van der Waals surface area contributed by atoms with Gasteiger partial charge in [0.25, 0.3) is 0 Å². The van der Waals surface area contributed by atoms with Crippen LogP contribution in [0.2, 0.25) is 0 Å². The van der Waals surface area contributed by atoms with E-state index in [9.17, 15) is 0 Å². The molecular weight excluding hydrogens is 224 g/mol. The Kier molecular flexibility index (Phi) is 6.43. The van der Waals surface area contributed by atoms with Crippen LogP contribution in [0, 0.1) is 5.92 Å². The summed E-state index contributed by atoms with van der Waals surface area (Å²) >= 11 is 4.18. The summed E-state index contributed by atoms with van der Waals surface area (Å²) in [6.07, 6.45) is 2.47. The van der Waals surface area contributed by atoms with Crippen molar-refractivity contribution in [1.82, 2.24) is 5.43 Å². The molecule has 3 N–H and O–H groups in total. The fourth-order valence-electron chi connectivity index (χ4n) is 1.95. The van der Waals surface area contributed by atoms with Gasteiger partial charge in [0.15, 0.2) is 0 Å². The molecule has 0 radical (unpaired) electrons. The fraction of sp³-hybridized carbons (Fsp3) is 1.00. The van der Waals surface area contributed by atoms with Crippen molar-refractivity contribution in [2.24, 2.45) is 11.8 Å². The quantitative estimate of drug-likeness (QED) is 0.579. The highest BCUT2D eigenvalue weighted by Gasteiger charge is 2.29. The van der Waals surface area contributed by atoms with Gasteiger partial charge in [0.05, 0.1) is 0 Å². The molecule has 0 aliphatic carbocycles. The van der Waals surface area contributed by atoms with Crippen LogP contribution in [0.4, 0.5) is 0 Å². The molecule has 3 unspecified atom stereocenters. The van der Waals surface area contributed by atoms with E-state index in [2.05, 4.69) is 49.7 Å². The molecule has 1 rings (SSSR count). The second-order valence-electron chi connectivity index (χ2n) is 4.66. The van der Waals surface area contributed by atoms with Crippen LogP contribution in [-0.2, 0) is 0 Å². The summed E-state index contributed by atoms with van der Waals surface area (Å²) in [5, 5.41) is 1.42. The molecule has 1 fully saturated rings. The van der Waals surface area contributed by atoms with E-state index in [1.165, 1.54) is 24.3 Å². The predicted molar refractivity (Wildman–Crippen MR) is 73.3 cm³/mol. The second kappa shape index (κ2) is 7.05. The largest absolute Gasteiger partial charge is 0.271 e. The van der Waals surface area contributed by atoms with Crippen LogP contribution >= 0.6 is 23.5 Å². The first-order chi connectivity index (χ1) is 7.15. The average Bonchev–Trinajstić information content (AvgIpc) is 2.21. The molecule has 1 aliphatic rings. The molecule has 1 heterocycles. The van der Waals surface area contributed by atoms with Gasteiger partial charge in [0, 0.05) is 28.0 Å². The van der Waals surface area contributed by atoms with Gasteiger partial charge in [0.1, 0.15) is 0 Å². The lowest BCUT2D eigenvalue weighted by Gasteiger charge is -2.34. The van der Waals surface area contributed by atoms with E-state index in [4.69, 9.17) is 5.84 Å². The Morgan fingerprint density at radius 1 is 1.27 bits per heavy atom. The molecule has 1 aliphatic heterocycles. The zero-order chi connectivity index (χ0) is 11.3. The maximum atomic E-state index is 5.68. The Morgan fingerprint density at radius 3 is 2.47 bits per heavy atom. The minimum absolute atomic E-state index is 0.486. The number of hydrazine groups is 1. The zero-order valence-corrected chi connectivity index (χ0v) is 11.7. The molecule has 0 aromatic carbocycles. The molecule has 0 bridgehead atoms. The molecule has 0 aromatic heterocycles. The maximum absolute atomic E-state index is 5.68. The minimum atomic E-state index is 0.486. The van der Waals surface area contributed by atoms with Crippen LogP contribution in [0.1, 0.15) is 33.6 Å². The Hall–Kier alpha value is 0.620. The Morgan fingerprint density at radius 2 is 1.93 bits per heavy atom. The molecule has 0 spiro atoms. The highest BCUT2D eigenvalue weighted by molar-refractivity contribution is 8.07. The summed E-state index contributed by atoms with van der Waals surface area (Å²) in [6, 6.07) is 0.486. The number of rotatable bonds is 5. The van der Waals surface area contributed by atoms with Crippen LogP contribution in [0.25, 0.3) is 0 Å². The molecular formula is C11H24N2S2. The van der Waals surface area contributed by atoms with Crippen molar-refractivity contribution in [2.45, 2.75) is 50.2 Å². The van der Waals surface area contributed by atoms with Crippen molar-refractivity contribution >= 4 is 23.5 Å². The number of hydrogen-bond donors (Lipinski definition) is 2. The van der Waals surface area contributed by atoms with Gasteiger partial charge in [-0.25, -0.2) is 0 Å². The third-order valence-electron chi connectivity index (χ3n) is 2.90. The Labute approximate surface area is 102 Å². The van der Waals surface area contributed by atoms with Gasteiger partial charge in [-0.15, -0.1) is 0 Å². The molecule has 0 amide bonds. The molecule has 0 aromatic rings. The molecule has 4 heteroatoms. The predicted octanol–water partition coefficient (Wildman–Crippen LogP) is 2.49. The highest BCUT2D eigenvalue weighted by Crippen LogP contribution is 2.34. The first kappa shape index (κ1) is 13.7. The first-order valence-corrected chi connectivity index (χ1v) is 7.94. The summed E-state index contributed by atoms with van der Waals surface area (Å²) < 4.78 is 0. The van der Waals surface area contributed by atoms with Gasteiger partial charge in [-0.1, -0.05) is 20.8 Å². The lowest BCUT2D eigenvalue weighted by Crippen LogP contribution is -2.47. The SMILES string of the molecule is CC(C)CCC(NN)C1SCCSC1C. The third-order valence-corrected chi connectivity index (χ3v) is 6.15. The number of thioether (sulfide) groups is 2. The molecule has 90 valence electrons. The summed E-state index contributed by atoms with van der Waals surface area (Å²) in [4.78, 5) is 0. The standard InChI is InChI=1S/C11H24N2S2/c1-8(2)4-5-10(13-12)11-9(3)14-6-7-15-11/h8-11,13H,4-7,12H2,1-3H3. The molecule has 15 heavy (non-hydrogen) atoms. The van der Waals surface area contributed by atoms with Crippen molar-refractivity contribution in [3.05, 3.63) is 0 Å². The van der Waals surface area contributed by atoms with Crippen molar-refractivity contribution < 1.29 is 0 Å². The van der Waals surface area contributed by atoms with Crippen LogP contribution < -0.4 is 11.3 Å². The van der Waals surface area contributed by atoms with Crippen LogP contribution in [-0.4, -0.2) is 28.0 Å².